The summed E-state index contributed by atoms with van der Waals surface area (Å²) in [6.45, 7) is 4.64. The minimum Gasteiger partial charge on any atom is -0.378 e. The molecule has 1 N–H and O–H groups in total. The minimum atomic E-state index is -0.677. The van der Waals surface area contributed by atoms with Gasteiger partial charge in [-0.15, -0.1) is 0 Å². The molecule has 1 heterocycles. The zero-order chi connectivity index (χ0) is 15.7. The largest absolute Gasteiger partial charge is 0.378 e. The summed E-state index contributed by atoms with van der Waals surface area (Å²) in [5.41, 5.74) is -0.157. The molecule has 0 bridgehead atoms. The van der Waals surface area contributed by atoms with Crippen molar-refractivity contribution in [2.75, 3.05) is 26.7 Å². The van der Waals surface area contributed by atoms with Crippen LogP contribution >= 0.6 is 0 Å². The number of ether oxygens (including phenoxy) is 1. The molecule has 1 aromatic rings. The highest BCUT2D eigenvalue weighted by atomic mass is 19.1. The Morgan fingerprint density at radius 1 is 1.41 bits per heavy atom. The van der Waals surface area contributed by atoms with Crippen molar-refractivity contribution in [1.29, 1.82) is 0 Å². The Morgan fingerprint density at radius 3 is 2.73 bits per heavy atom. The summed E-state index contributed by atoms with van der Waals surface area (Å²) in [6.07, 6.45) is 1.42. The molecule has 1 aliphatic heterocycles. The number of hydrogen-bond acceptors (Lipinski definition) is 3. The Hall–Kier alpha value is -1.46. The molecule has 1 aromatic carbocycles. The molecule has 4 nitrogen and oxygen atoms in total. The van der Waals surface area contributed by atoms with Gasteiger partial charge in [-0.2, -0.15) is 0 Å². The number of likely N-dealkylation sites (N-methyl/N-ethyl adjacent to an activating group) is 1. The Labute approximate surface area is 130 Å². The second-order valence-electron chi connectivity index (χ2n) is 6.27. The zero-order valence-corrected chi connectivity index (χ0v) is 13.1. The first-order chi connectivity index (χ1) is 10.6. The number of halogens is 1. The molecule has 2 fully saturated rings. The Bertz CT molecular complexity index is 559. The summed E-state index contributed by atoms with van der Waals surface area (Å²) in [6, 6.07) is 6.57. The van der Waals surface area contributed by atoms with Gasteiger partial charge in [0.25, 0.3) is 0 Å². The van der Waals surface area contributed by atoms with E-state index in [2.05, 4.69) is 17.1 Å². The fourth-order valence-corrected chi connectivity index (χ4v) is 3.39. The molecule has 22 heavy (non-hydrogen) atoms. The van der Waals surface area contributed by atoms with E-state index < -0.39 is 5.41 Å². The number of carbonyl (C=O) groups is 1. The van der Waals surface area contributed by atoms with Crippen LogP contribution in [0.25, 0.3) is 0 Å². The highest BCUT2D eigenvalue weighted by molar-refractivity contribution is 5.91. The summed E-state index contributed by atoms with van der Waals surface area (Å²) in [4.78, 5) is 15.0. The predicted octanol–water partition coefficient (Wildman–Crippen LogP) is 1.69. The van der Waals surface area contributed by atoms with Gasteiger partial charge in [0.2, 0.25) is 5.91 Å². The second kappa shape index (κ2) is 5.97. The first-order valence-corrected chi connectivity index (χ1v) is 7.92. The van der Waals surface area contributed by atoms with Gasteiger partial charge in [0.15, 0.2) is 0 Å². The third-order valence-electron chi connectivity index (χ3n) is 4.98. The van der Waals surface area contributed by atoms with Crippen LogP contribution in [0.15, 0.2) is 24.3 Å². The van der Waals surface area contributed by atoms with E-state index in [4.69, 9.17) is 4.74 Å². The molecule has 1 amide bonds. The Balaban J connectivity index is 1.73. The van der Waals surface area contributed by atoms with Crippen molar-refractivity contribution in [3.8, 4) is 0 Å². The fourth-order valence-electron chi connectivity index (χ4n) is 3.39. The highest BCUT2D eigenvalue weighted by Gasteiger charge is 2.53. The molecule has 0 spiro atoms. The van der Waals surface area contributed by atoms with Crippen molar-refractivity contribution in [3.63, 3.8) is 0 Å². The number of likely N-dealkylation sites (tertiary alicyclic amines) is 1. The van der Waals surface area contributed by atoms with Crippen LogP contribution in [-0.2, 0) is 14.9 Å². The van der Waals surface area contributed by atoms with Crippen LogP contribution in [0, 0.1) is 5.82 Å². The van der Waals surface area contributed by atoms with Crippen LogP contribution in [0.3, 0.4) is 0 Å². The third-order valence-corrected chi connectivity index (χ3v) is 4.98. The first kappa shape index (κ1) is 15.4. The van der Waals surface area contributed by atoms with Crippen molar-refractivity contribution in [1.82, 2.24) is 10.2 Å². The van der Waals surface area contributed by atoms with Crippen molar-refractivity contribution in [2.24, 2.45) is 0 Å². The lowest BCUT2D eigenvalue weighted by Gasteiger charge is -2.23. The molecule has 1 saturated heterocycles. The third kappa shape index (κ3) is 2.63. The van der Waals surface area contributed by atoms with Gasteiger partial charge >= 0.3 is 0 Å². The van der Waals surface area contributed by atoms with E-state index in [9.17, 15) is 9.18 Å². The second-order valence-corrected chi connectivity index (χ2v) is 6.27. The van der Waals surface area contributed by atoms with Crippen molar-refractivity contribution in [2.45, 2.75) is 37.3 Å². The summed E-state index contributed by atoms with van der Waals surface area (Å²) >= 11 is 0. The number of carbonyl (C=O) groups excluding carboxylic acids is 1. The lowest BCUT2D eigenvalue weighted by atomic mass is 9.94. The number of benzene rings is 1. The van der Waals surface area contributed by atoms with Gasteiger partial charge < -0.3 is 10.1 Å². The summed E-state index contributed by atoms with van der Waals surface area (Å²) < 4.78 is 19.5. The molecular weight excluding hydrogens is 283 g/mol. The zero-order valence-electron chi connectivity index (χ0n) is 13.1. The topological polar surface area (TPSA) is 41.6 Å². The van der Waals surface area contributed by atoms with Crippen LogP contribution < -0.4 is 5.32 Å². The Morgan fingerprint density at radius 2 is 2.14 bits per heavy atom. The lowest BCUT2D eigenvalue weighted by Crippen LogP contribution is -2.47. The van der Waals surface area contributed by atoms with E-state index >= 15 is 0 Å². The van der Waals surface area contributed by atoms with E-state index in [0.29, 0.717) is 18.4 Å². The van der Waals surface area contributed by atoms with Crippen LogP contribution in [0.5, 0.6) is 0 Å². The lowest BCUT2D eigenvalue weighted by molar-refractivity contribution is -0.125. The number of methoxy groups -OCH3 is 1. The smallest absolute Gasteiger partial charge is 0.231 e. The normalized spacial score (nSPS) is 26.9. The average molecular weight is 306 g/mol. The molecule has 0 unspecified atom stereocenters. The van der Waals surface area contributed by atoms with Gasteiger partial charge in [-0.05, 0) is 25.5 Å². The molecule has 5 heteroatoms. The van der Waals surface area contributed by atoms with Gasteiger partial charge in [-0.25, -0.2) is 4.39 Å². The van der Waals surface area contributed by atoms with Crippen molar-refractivity contribution >= 4 is 5.91 Å². The predicted molar refractivity (Wildman–Crippen MR) is 82.2 cm³/mol. The van der Waals surface area contributed by atoms with Gasteiger partial charge in [0.05, 0.1) is 17.6 Å². The fraction of sp³-hybridized carbons (Fsp3) is 0.588. The average Bonchev–Trinajstić information content (AvgIpc) is 3.24. The van der Waals surface area contributed by atoms with E-state index in [0.717, 1.165) is 19.6 Å². The summed E-state index contributed by atoms with van der Waals surface area (Å²) in [5, 5.41) is 3.10. The highest BCUT2D eigenvalue weighted by Crippen LogP contribution is 2.49. The standard InChI is InChI=1S/C17H23FN2O2/c1-3-20-10-14(15(11-20)22-2)19-16(21)17(8-9-17)12-6-4-5-7-13(12)18/h4-7,14-15H,3,8-11H2,1-2H3,(H,19,21)/t14-,15-/m0/s1. The molecule has 3 rings (SSSR count). The number of rotatable bonds is 5. The monoisotopic (exact) mass is 306 g/mol. The van der Waals surface area contributed by atoms with Crippen LogP contribution in [0.1, 0.15) is 25.3 Å². The minimum absolute atomic E-state index is 0.000297. The number of nitrogens with zero attached hydrogens (tertiary/aromatic N) is 1. The van der Waals surface area contributed by atoms with E-state index in [1.165, 1.54) is 6.07 Å². The van der Waals surface area contributed by atoms with Gasteiger partial charge in [0.1, 0.15) is 5.82 Å². The van der Waals surface area contributed by atoms with Gasteiger partial charge in [-0.1, -0.05) is 25.1 Å². The van der Waals surface area contributed by atoms with E-state index in [-0.39, 0.29) is 23.9 Å². The molecule has 2 aliphatic rings. The first-order valence-electron chi connectivity index (χ1n) is 7.92. The number of nitrogens with one attached hydrogen (secondary N) is 1. The van der Waals surface area contributed by atoms with Crippen LogP contribution in [-0.4, -0.2) is 49.7 Å². The van der Waals surface area contributed by atoms with Crippen molar-refractivity contribution in [3.05, 3.63) is 35.6 Å². The Kier molecular flexibility index (Phi) is 4.19. The maximum absolute atomic E-state index is 14.0. The number of amides is 1. The SMILES string of the molecule is CCN1C[C@H](NC(=O)C2(c3ccccc3F)CC2)[C@@H](OC)C1. The van der Waals surface area contributed by atoms with Crippen molar-refractivity contribution < 1.29 is 13.9 Å². The maximum atomic E-state index is 14.0. The van der Waals surface area contributed by atoms with Gasteiger partial charge in [-0.3, -0.25) is 9.69 Å². The molecule has 120 valence electrons. The molecular formula is C17H23FN2O2. The molecule has 0 aromatic heterocycles. The van der Waals surface area contributed by atoms with E-state index in [1.54, 1.807) is 25.3 Å². The quantitative estimate of drug-likeness (QED) is 0.900. The van der Waals surface area contributed by atoms with Gasteiger partial charge in [0, 0.05) is 25.8 Å². The molecule has 2 atom stereocenters. The van der Waals surface area contributed by atoms with E-state index in [1.807, 2.05) is 0 Å². The summed E-state index contributed by atoms with van der Waals surface area (Å²) in [7, 11) is 1.67. The maximum Gasteiger partial charge on any atom is 0.231 e. The van der Waals surface area contributed by atoms with Crippen LogP contribution in [0.2, 0.25) is 0 Å². The molecule has 0 radical (unpaired) electrons. The molecule has 1 aliphatic carbocycles. The summed E-state index contributed by atoms with van der Waals surface area (Å²) in [5.74, 6) is -0.359. The number of hydrogen-bond donors (Lipinski definition) is 1. The van der Waals surface area contributed by atoms with Crippen LogP contribution in [0.4, 0.5) is 4.39 Å². The molecule has 1 saturated carbocycles.